The Kier molecular flexibility index (Phi) is 6.26. The number of rotatable bonds is 6. The highest BCUT2D eigenvalue weighted by Gasteiger charge is 2.21. The fraction of sp³-hybridized carbons (Fsp3) is 0.429. The van der Waals surface area contributed by atoms with Gasteiger partial charge < -0.3 is 10.1 Å². The van der Waals surface area contributed by atoms with Gasteiger partial charge in [-0.05, 0) is 25.0 Å². The van der Waals surface area contributed by atoms with Crippen molar-refractivity contribution >= 4 is 27.6 Å². The van der Waals surface area contributed by atoms with Gasteiger partial charge in [0.05, 0.1) is 6.04 Å². The van der Waals surface area contributed by atoms with Gasteiger partial charge >= 0.3 is 0 Å². The number of Topliss-reactive ketones (excluding diaryl/α,β-unsaturated/α-hetero) is 1. The summed E-state index contributed by atoms with van der Waals surface area (Å²) in [7, 11) is 0. The van der Waals surface area contributed by atoms with Crippen molar-refractivity contribution in [3.63, 3.8) is 0 Å². The van der Waals surface area contributed by atoms with Crippen molar-refractivity contribution in [3.8, 4) is 5.75 Å². The molecule has 1 N–H and O–H groups in total. The first kappa shape index (κ1) is 17.6. The average Bonchev–Trinajstić information content (AvgIpc) is 2.37. The summed E-state index contributed by atoms with van der Waals surface area (Å²) in [5, 5.41) is 2.49. The van der Waals surface area contributed by atoms with Crippen LogP contribution in [0.1, 0.15) is 20.8 Å². The lowest BCUT2D eigenvalue weighted by Gasteiger charge is -2.19. The highest BCUT2D eigenvalue weighted by molar-refractivity contribution is 9.10. The maximum absolute atomic E-state index is 13.4. The van der Waals surface area contributed by atoms with Gasteiger partial charge in [0.15, 0.2) is 24.0 Å². The third-order valence-electron chi connectivity index (χ3n) is 2.74. The second-order valence-electron chi connectivity index (χ2n) is 4.89. The predicted octanol–water partition coefficient (Wildman–Crippen LogP) is 2.84. The monoisotopic (exact) mass is 363 g/mol. The minimum atomic E-state index is -1.17. The number of nitrogens with one attached hydrogen (secondary N) is 1. The summed E-state index contributed by atoms with van der Waals surface area (Å²) < 4.78 is 31.8. The Labute approximate surface area is 130 Å². The van der Waals surface area contributed by atoms with Crippen LogP contribution in [0.4, 0.5) is 8.78 Å². The molecule has 0 aliphatic rings. The van der Waals surface area contributed by atoms with E-state index in [1.165, 1.54) is 13.0 Å². The molecule has 116 valence electrons. The molecule has 0 aromatic heterocycles. The molecule has 0 saturated heterocycles. The van der Waals surface area contributed by atoms with E-state index in [4.69, 9.17) is 4.74 Å². The fourth-order valence-corrected chi connectivity index (χ4v) is 2.14. The van der Waals surface area contributed by atoms with Gasteiger partial charge in [0.1, 0.15) is 0 Å². The molecule has 0 bridgehead atoms. The quantitative estimate of drug-likeness (QED) is 0.790. The SMILES string of the molecule is CC(=O)C(NC(=O)COc1cc(Br)cc(F)c1F)C(C)C. The van der Waals surface area contributed by atoms with Crippen molar-refractivity contribution < 1.29 is 23.1 Å². The number of ketones is 1. The molecule has 1 rings (SSSR count). The third kappa shape index (κ3) is 5.08. The molecule has 0 radical (unpaired) electrons. The van der Waals surface area contributed by atoms with Crippen molar-refractivity contribution in [1.82, 2.24) is 5.32 Å². The highest BCUT2D eigenvalue weighted by Crippen LogP contribution is 2.25. The van der Waals surface area contributed by atoms with Crippen LogP contribution in [-0.2, 0) is 9.59 Å². The van der Waals surface area contributed by atoms with Gasteiger partial charge in [0, 0.05) is 4.47 Å². The maximum atomic E-state index is 13.4. The number of carbonyl (C=O) groups excluding carboxylic acids is 2. The first-order chi connectivity index (χ1) is 9.72. The molecule has 7 heteroatoms. The first-order valence-corrected chi connectivity index (χ1v) is 7.08. The van der Waals surface area contributed by atoms with Crippen LogP contribution in [0.5, 0.6) is 5.75 Å². The molecule has 1 aromatic carbocycles. The fourth-order valence-electron chi connectivity index (χ4n) is 1.73. The molecule has 4 nitrogen and oxygen atoms in total. The van der Waals surface area contributed by atoms with Gasteiger partial charge in [-0.1, -0.05) is 29.8 Å². The Hall–Kier alpha value is -1.50. The van der Waals surface area contributed by atoms with E-state index in [2.05, 4.69) is 21.2 Å². The Bertz CT molecular complexity index is 549. The Balaban J connectivity index is 2.67. The molecule has 21 heavy (non-hydrogen) atoms. The Morgan fingerprint density at radius 3 is 2.48 bits per heavy atom. The van der Waals surface area contributed by atoms with Crippen molar-refractivity contribution in [1.29, 1.82) is 0 Å². The van der Waals surface area contributed by atoms with Crippen LogP contribution in [0, 0.1) is 17.6 Å². The van der Waals surface area contributed by atoms with E-state index in [0.717, 1.165) is 6.07 Å². The van der Waals surface area contributed by atoms with Crippen LogP contribution in [0.2, 0.25) is 0 Å². The minimum Gasteiger partial charge on any atom is -0.481 e. The molecule has 0 fully saturated rings. The van der Waals surface area contributed by atoms with Gasteiger partial charge in [-0.2, -0.15) is 4.39 Å². The van der Waals surface area contributed by atoms with E-state index in [9.17, 15) is 18.4 Å². The molecular weight excluding hydrogens is 348 g/mol. The zero-order chi connectivity index (χ0) is 16.2. The van der Waals surface area contributed by atoms with E-state index < -0.39 is 30.2 Å². The first-order valence-electron chi connectivity index (χ1n) is 6.29. The number of amides is 1. The number of hydrogen-bond acceptors (Lipinski definition) is 3. The van der Waals surface area contributed by atoms with E-state index in [1.807, 2.05) is 0 Å². The number of benzene rings is 1. The predicted molar refractivity (Wildman–Crippen MR) is 77.0 cm³/mol. The average molecular weight is 364 g/mol. The van der Waals surface area contributed by atoms with Crippen LogP contribution >= 0.6 is 15.9 Å². The molecule has 1 unspecified atom stereocenters. The summed E-state index contributed by atoms with van der Waals surface area (Å²) in [5.41, 5.74) is 0. The number of halogens is 3. The zero-order valence-electron chi connectivity index (χ0n) is 11.9. The van der Waals surface area contributed by atoms with E-state index >= 15 is 0 Å². The molecule has 0 aliphatic carbocycles. The summed E-state index contributed by atoms with van der Waals surface area (Å²) in [5.74, 6) is -3.46. The summed E-state index contributed by atoms with van der Waals surface area (Å²) >= 11 is 3.00. The molecule has 1 aromatic rings. The molecule has 1 amide bonds. The van der Waals surface area contributed by atoms with Gasteiger partial charge in [0.25, 0.3) is 5.91 Å². The zero-order valence-corrected chi connectivity index (χ0v) is 13.5. The van der Waals surface area contributed by atoms with Crippen LogP contribution in [0.25, 0.3) is 0 Å². The van der Waals surface area contributed by atoms with Gasteiger partial charge in [-0.3, -0.25) is 9.59 Å². The lowest BCUT2D eigenvalue weighted by atomic mass is 10.0. The van der Waals surface area contributed by atoms with E-state index in [1.54, 1.807) is 13.8 Å². The summed E-state index contributed by atoms with van der Waals surface area (Å²) in [4.78, 5) is 23.1. The van der Waals surface area contributed by atoms with Gasteiger partial charge in [-0.15, -0.1) is 0 Å². The lowest BCUT2D eigenvalue weighted by Crippen LogP contribution is -2.45. The van der Waals surface area contributed by atoms with Crippen LogP contribution in [-0.4, -0.2) is 24.3 Å². The standard InChI is InChI=1S/C14H16BrF2NO3/c1-7(2)14(8(3)19)18-12(20)6-21-11-5-9(15)4-10(16)13(11)17/h4-5,7,14H,6H2,1-3H3,(H,18,20). The van der Waals surface area contributed by atoms with Crippen molar-refractivity contribution in [2.24, 2.45) is 5.92 Å². The normalized spacial score (nSPS) is 12.1. The highest BCUT2D eigenvalue weighted by atomic mass is 79.9. The van der Waals surface area contributed by atoms with Crippen molar-refractivity contribution in [2.75, 3.05) is 6.61 Å². The van der Waals surface area contributed by atoms with Crippen LogP contribution in [0.15, 0.2) is 16.6 Å². The summed E-state index contributed by atoms with van der Waals surface area (Å²) in [6, 6.07) is 1.54. The van der Waals surface area contributed by atoms with Gasteiger partial charge in [0.2, 0.25) is 5.82 Å². The molecule has 0 heterocycles. The van der Waals surface area contributed by atoms with E-state index in [0.29, 0.717) is 4.47 Å². The topological polar surface area (TPSA) is 55.4 Å². The van der Waals surface area contributed by atoms with E-state index in [-0.39, 0.29) is 17.5 Å². The maximum Gasteiger partial charge on any atom is 0.258 e. The second-order valence-corrected chi connectivity index (χ2v) is 5.80. The Morgan fingerprint density at radius 2 is 1.95 bits per heavy atom. The molecule has 0 saturated carbocycles. The molecule has 0 aliphatic heterocycles. The van der Waals surface area contributed by atoms with Crippen LogP contribution in [0.3, 0.4) is 0 Å². The summed E-state index contributed by atoms with van der Waals surface area (Å²) in [6.45, 7) is 4.44. The third-order valence-corrected chi connectivity index (χ3v) is 3.20. The molecule has 1 atom stereocenters. The summed E-state index contributed by atoms with van der Waals surface area (Å²) in [6.07, 6.45) is 0. The van der Waals surface area contributed by atoms with Crippen LogP contribution < -0.4 is 10.1 Å². The van der Waals surface area contributed by atoms with Crippen molar-refractivity contribution in [2.45, 2.75) is 26.8 Å². The number of hydrogen-bond donors (Lipinski definition) is 1. The lowest BCUT2D eigenvalue weighted by molar-refractivity contribution is -0.129. The largest absolute Gasteiger partial charge is 0.481 e. The number of carbonyl (C=O) groups is 2. The molecular formula is C14H16BrF2NO3. The Morgan fingerprint density at radius 1 is 1.33 bits per heavy atom. The smallest absolute Gasteiger partial charge is 0.258 e. The second kappa shape index (κ2) is 7.49. The number of ether oxygens (including phenoxy) is 1. The van der Waals surface area contributed by atoms with Gasteiger partial charge in [-0.25, -0.2) is 4.39 Å². The minimum absolute atomic E-state index is 0.0773. The molecule has 0 spiro atoms. The van der Waals surface area contributed by atoms with Crippen molar-refractivity contribution in [3.05, 3.63) is 28.2 Å².